The Hall–Kier alpha value is -3.10. The van der Waals surface area contributed by atoms with Crippen molar-refractivity contribution in [1.29, 1.82) is 0 Å². The number of anilines is 1. The van der Waals surface area contributed by atoms with Crippen LogP contribution in [0.3, 0.4) is 0 Å². The Morgan fingerprint density at radius 3 is 2.66 bits per heavy atom. The number of amides is 1. The molecule has 2 heterocycles. The number of nitrogens with one attached hydrogen (secondary N) is 1. The van der Waals surface area contributed by atoms with E-state index in [4.69, 9.17) is 9.47 Å². The third-order valence-electron chi connectivity index (χ3n) is 5.00. The number of aromatic nitrogens is 2. The van der Waals surface area contributed by atoms with Crippen molar-refractivity contribution in [3.8, 4) is 22.6 Å². The van der Waals surface area contributed by atoms with Gasteiger partial charge in [0.1, 0.15) is 27.7 Å². The standard InChI is InChI=1S/C24H23N3O3S2/c1-4-20(22(28)27-18-12-16(29-2)10-11-19(18)30-3)32-24-21-17(15-8-6-5-7-9-15)13-31-23(21)25-14-26-24/h5-14,20H,4H2,1-3H3,(H,27,28). The predicted molar refractivity (Wildman–Crippen MR) is 131 cm³/mol. The fourth-order valence-electron chi connectivity index (χ4n) is 3.35. The first-order valence-electron chi connectivity index (χ1n) is 10.1. The number of thiophene rings is 1. The fourth-order valence-corrected chi connectivity index (χ4v) is 5.36. The van der Waals surface area contributed by atoms with Gasteiger partial charge in [0.25, 0.3) is 0 Å². The minimum atomic E-state index is -0.340. The molecule has 1 unspecified atom stereocenters. The van der Waals surface area contributed by atoms with Crippen molar-refractivity contribution in [2.75, 3.05) is 19.5 Å². The van der Waals surface area contributed by atoms with Gasteiger partial charge in [-0.05, 0) is 24.1 Å². The third-order valence-corrected chi connectivity index (χ3v) is 7.25. The first kappa shape index (κ1) is 22.1. The molecule has 0 radical (unpaired) electrons. The summed E-state index contributed by atoms with van der Waals surface area (Å²) >= 11 is 3.04. The number of hydrogen-bond donors (Lipinski definition) is 1. The van der Waals surface area contributed by atoms with Crippen LogP contribution in [-0.2, 0) is 4.79 Å². The number of carbonyl (C=O) groups excluding carboxylic acids is 1. The SMILES string of the molecule is CCC(Sc1ncnc2scc(-c3ccccc3)c12)C(=O)Nc1cc(OC)ccc1OC. The van der Waals surface area contributed by atoms with E-state index in [0.717, 1.165) is 26.4 Å². The maximum Gasteiger partial charge on any atom is 0.238 e. The summed E-state index contributed by atoms with van der Waals surface area (Å²) in [6, 6.07) is 15.5. The van der Waals surface area contributed by atoms with E-state index in [2.05, 4.69) is 32.8 Å². The van der Waals surface area contributed by atoms with E-state index in [1.165, 1.54) is 11.8 Å². The molecule has 1 atom stereocenters. The van der Waals surface area contributed by atoms with Gasteiger partial charge in [-0.2, -0.15) is 0 Å². The molecule has 164 valence electrons. The molecule has 0 fully saturated rings. The highest BCUT2D eigenvalue weighted by Gasteiger charge is 2.23. The van der Waals surface area contributed by atoms with Gasteiger partial charge in [0.05, 0.1) is 30.5 Å². The molecule has 0 aliphatic heterocycles. The average molecular weight is 466 g/mol. The van der Waals surface area contributed by atoms with Crippen LogP contribution in [0.5, 0.6) is 11.5 Å². The molecule has 0 spiro atoms. The lowest BCUT2D eigenvalue weighted by Gasteiger charge is -2.17. The van der Waals surface area contributed by atoms with Gasteiger partial charge in [0, 0.05) is 17.0 Å². The second kappa shape index (κ2) is 10.0. The maximum atomic E-state index is 13.2. The van der Waals surface area contributed by atoms with Crippen molar-refractivity contribution in [3.05, 3.63) is 60.2 Å². The van der Waals surface area contributed by atoms with Gasteiger partial charge in [0.2, 0.25) is 5.91 Å². The fraction of sp³-hybridized carbons (Fsp3) is 0.208. The molecule has 0 aliphatic rings. The molecule has 4 rings (SSSR count). The van der Waals surface area contributed by atoms with Gasteiger partial charge in [-0.3, -0.25) is 4.79 Å². The lowest BCUT2D eigenvalue weighted by Crippen LogP contribution is -2.25. The first-order chi connectivity index (χ1) is 15.6. The van der Waals surface area contributed by atoms with E-state index in [-0.39, 0.29) is 11.2 Å². The largest absolute Gasteiger partial charge is 0.497 e. The summed E-state index contributed by atoms with van der Waals surface area (Å²) < 4.78 is 10.7. The zero-order valence-corrected chi connectivity index (χ0v) is 19.6. The molecule has 32 heavy (non-hydrogen) atoms. The highest BCUT2D eigenvalue weighted by atomic mass is 32.2. The number of thioether (sulfide) groups is 1. The number of carbonyl (C=O) groups is 1. The quantitative estimate of drug-likeness (QED) is 0.259. The monoisotopic (exact) mass is 465 g/mol. The van der Waals surface area contributed by atoms with E-state index >= 15 is 0 Å². The molecule has 4 aromatic rings. The van der Waals surface area contributed by atoms with Crippen LogP contribution in [-0.4, -0.2) is 35.3 Å². The second-order valence-corrected chi connectivity index (χ2v) is 8.99. The Morgan fingerprint density at radius 1 is 1.12 bits per heavy atom. The number of methoxy groups -OCH3 is 2. The zero-order chi connectivity index (χ0) is 22.5. The van der Waals surface area contributed by atoms with Crippen LogP contribution in [0, 0.1) is 0 Å². The third kappa shape index (κ3) is 4.56. The van der Waals surface area contributed by atoms with Gasteiger partial charge < -0.3 is 14.8 Å². The second-order valence-electron chi connectivity index (χ2n) is 6.94. The van der Waals surface area contributed by atoms with E-state index in [0.29, 0.717) is 23.6 Å². The number of ether oxygens (including phenoxy) is 2. The molecule has 0 aliphatic carbocycles. The van der Waals surface area contributed by atoms with Crippen LogP contribution in [0.2, 0.25) is 0 Å². The Balaban J connectivity index is 1.63. The maximum absolute atomic E-state index is 13.2. The van der Waals surface area contributed by atoms with E-state index < -0.39 is 0 Å². The number of fused-ring (bicyclic) bond motifs is 1. The van der Waals surface area contributed by atoms with Crippen LogP contribution in [0.4, 0.5) is 5.69 Å². The van der Waals surface area contributed by atoms with Crippen molar-refractivity contribution in [3.63, 3.8) is 0 Å². The zero-order valence-electron chi connectivity index (χ0n) is 18.0. The molecule has 1 amide bonds. The molecule has 6 nitrogen and oxygen atoms in total. The molecule has 2 aromatic heterocycles. The Morgan fingerprint density at radius 2 is 1.94 bits per heavy atom. The van der Waals surface area contributed by atoms with Crippen molar-refractivity contribution >= 4 is 44.9 Å². The van der Waals surface area contributed by atoms with Gasteiger partial charge in [-0.15, -0.1) is 11.3 Å². The summed E-state index contributed by atoms with van der Waals surface area (Å²) in [4.78, 5) is 23.1. The average Bonchev–Trinajstić information content (AvgIpc) is 3.28. The summed E-state index contributed by atoms with van der Waals surface area (Å²) in [5.41, 5.74) is 2.76. The number of hydrogen-bond acceptors (Lipinski definition) is 7. The molecule has 0 saturated carbocycles. The molecule has 1 N–H and O–H groups in total. The molecular weight excluding hydrogens is 442 g/mol. The van der Waals surface area contributed by atoms with Crippen molar-refractivity contribution in [1.82, 2.24) is 9.97 Å². The van der Waals surface area contributed by atoms with Gasteiger partial charge in [0.15, 0.2) is 0 Å². The number of nitrogens with zero attached hydrogens (tertiary/aromatic N) is 2. The Bertz CT molecular complexity index is 1230. The summed E-state index contributed by atoms with van der Waals surface area (Å²) in [6.45, 7) is 1.99. The van der Waals surface area contributed by atoms with Crippen LogP contribution in [0.1, 0.15) is 13.3 Å². The lowest BCUT2D eigenvalue weighted by atomic mass is 10.1. The highest BCUT2D eigenvalue weighted by molar-refractivity contribution is 8.00. The summed E-state index contributed by atoms with van der Waals surface area (Å²) in [6.07, 6.45) is 2.20. The summed E-state index contributed by atoms with van der Waals surface area (Å²) in [5, 5.41) is 6.53. The summed E-state index contributed by atoms with van der Waals surface area (Å²) in [7, 11) is 3.16. The topological polar surface area (TPSA) is 73.3 Å². The van der Waals surface area contributed by atoms with Gasteiger partial charge >= 0.3 is 0 Å². The first-order valence-corrected chi connectivity index (χ1v) is 11.9. The molecule has 0 saturated heterocycles. The van der Waals surface area contributed by atoms with Crippen molar-refractivity contribution in [2.45, 2.75) is 23.6 Å². The Labute approximate surface area is 195 Å². The van der Waals surface area contributed by atoms with Gasteiger partial charge in [-0.25, -0.2) is 9.97 Å². The van der Waals surface area contributed by atoms with Crippen LogP contribution in [0.15, 0.2) is 65.3 Å². The van der Waals surface area contributed by atoms with E-state index in [1.54, 1.807) is 50.1 Å². The molecule has 2 aromatic carbocycles. The number of rotatable bonds is 8. The molecule has 0 bridgehead atoms. The Kier molecular flexibility index (Phi) is 6.92. The van der Waals surface area contributed by atoms with Crippen molar-refractivity contribution < 1.29 is 14.3 Å². The minimum Gasteiger partial charge on any atom is -0.497 e. The molecule has 8 heteroatoms. The van der Waals surface area contributed by atoms with E-state index in [9.17, 15) is 4.79 Å². The van der Waals surface area contributed by atoms with Gasteiger partial charge in [-0.1, -0.05) is 49.0 Å². The highest BCUT2D eigenvalue weighted by Crippen LogP contribution is 2.40. The normalized spacial score (nSPS) is 11.8. The smallest absolute Gasteiger partial charge is 0.238 e. The van der Waals surface area contributed by atoms with Crippen LogP contribution >= 0.6 is 23.1 Å². The van der Waals surface area contributed by atoms with Crippen LogP contribution < -0.4 is 14.8 Å². The lowest BCUT2D eigenvalue weighted by molar-refractivity contribution is -0.115. The van der Waals surface area contributed by atoms with Crippen molar-refractivity contribution in [2.24, 2.45) is 0 Å². The predicted octanol–water partition coefficient (Wildman–Crippen LogP) is 5.88. The molecular formula is C24H23N3O3S2. The number of benzene rings is 2. The minimum absolute atomic E-state index is 0.118. The van der Waals surface area contributed by atoms with Crippen LogP contribution in [0.25, 0.3) is 21.3 Å². The van der Waals surface area contributed by atoms with E-state index in [1.807, 2.05) is 25.1 Å². The summed E-state index contributed by atoms with van der Waals surface area (Å²) in [5.74, 6) is 1.10.